The van der Waals surface area contributed by atoms with Gasteiger partial charge in [-0.2, -0.15) is 0 Å². The Morgan fingerprint density at radius 1 is 1.08 bits per heavy atom. The number of nitrogens with zero attached hydrogens (tertiary/aromatic N) is 4. The maximum atomic E-state index is 14.2. The number of nitrogens with one attached hydrogen (secondary N) is 1. The average molecular weight is 556 g/mol. The molecule has 8 nitrogen and oxygen atoms in total. The lowest BCUT2D eigenvalue weighted by Gasteiger charge is -2.35. The van der Waals surface area contributed by atoms with Gasteiger partial charge in [-0.3, -0.25) is 14.5 Å². The van der Waals surface area contributed by atoms with Crippen molar-refractivity contribution in [2.75, 3.05) is 38.6 Å². The van der Waals surface area contributed by atoms with Gasteiger partial charge in [0, 0.05) is 68.2 Å². The van der Waals surface area contributed by atoms with E-state index in [-0.39, 0.29) is 41.6 Å². The van der Waals surface area contributed by atoms with Gasteiger partial charge in [0.2, 0.25) is 5.91 Å². The summed E-state index contributed by atoms with van der Waals surface area (Å²) in [4.78, 5) is 45.6. The molecule has 5 rings (SSSR count). The molecule has 1 aromatic heterocycles. The molecule has 2 aromatic rings. The van der Waals surface area contributed by atoms with Crippen LogP contribution in [0.2, 0.25) is 5.02 Å². The lowest BCUT2D eigenvalue weighted by molar-refractivity contribution is -0.141. The summed E-state index contributed by atoms with van der Waals surface area (Å²) in [5.41, 5.74) is 1.88. The Labute approximate surface area is 236 Å². The van der Waals surface area contributed by atoms with Crippen molar-refractivity contribution in [2.24, 2.45) is 11.8 Å². The fraction of sp³-hybridized carbons (Fsp3) is 0.633. The van der Waals surface area contributed by atoms with E-state index in [1.165, 1.54) is 6.42 Å². The van der Waals surface area contributed by atoms with Crippen LogP contribution in [0, 0.1) is 11.8 Å². The minimum absolute atomic E-state index is 0.0116. The van der Waals surface area contributed by atoms with E-state index in [1.54, 1.807) is 11.9 Å². The van der Waals surface area contributed by atoms with Crippen LogP contribution in [0.4, 0.5) is 10.5 Å². The van der Waals surface area contributed by atoms with Gasteiger partial charge in [0.05, 0.1) is 17.2 Å². The zero-order valence-corrected chi connectivity index (χ0v) is 24.3. The van der Waals surface area contributed by atoms with Crippen LogP contribution in [-0.2, 0) is 16.1 Å². The molecule has 3 fully saturated rings. The number of anilines is 1. The quantitative estimate of drug-likeness (QED) is 0.476. The smallest absolute Gasteiger partial charge is 0.324 e. The highest BCUT2D eigenvalue weighted by Gasteiger charge is 2.39. The number of rotatable bonds is 9. The standard InChI is InChI=1S/C30H42ClN5O3/c1-20(32-2)28(37)17-24(21-8-5-4-6-9-21)29(38)35-13-7-10-23(35)18-34-19-27(36-15-14-33(3)30(36)39)25-16-22(31)11-12-26(25)34/h11-12,16,19-21,23-24,32H,4-10,13-15,17-18H2,1-3H3/t20-,23-,24-/m0/s1. The Hall–Kier alpha value is -2.58. The summed E-state index contributed by atoms with van der Waals surface area (Å²) in [5, 5.41) is 4.64. The third-order valence-electron chi connectivity index (χ3n) is 9.27. The Morgan fingerprint density at radius 2 is 1.85 bits per heavy atom. The molecule has 9 heteroatoms. The van der Waals surface area contributed by atoms with Gasteiger partial charge in [0.25, 0.3) is 0 Å². The highest BCUT2D eigenvalue weighted by Crippen LogP contribution is 2.37. The van der Waals surface area contributed by atoms with E-state index in [0.717, 1.165) is 61.7 Å². The fourth-order valence-corrected chi connectivity index (χ4v) is 6.96. The van der Waals surface area contributed by atoms with E-state index in [1.807, 2.05) is 37.1 Å². The van der Waals surface area contributed by atoms with E-state index in [2.05, 4.69) is 21.0 Å². The first-order chi connectivity index (χ1) is 18.8. The van der Waals surface area contributed by atoms with Gasteiger partial charge in [0.15, 0.2) is 0 Å². The first-order valence-electron chi connectivity index (χ1n) is 14.6. The number of halogens is 1. The maximum absolute atomic E-state index is 14.2. The second-order valence-electron chi connectivity index (χ2n) is 11.7. The minimum atomic E-state index is -0.248. The Kier molecular flexibility index (Phi) is 8.52. The topological polar surface area (TPSA) is 77.9 Å². The average Bonchev–Trinajstić information content (AvgIpc) is 3.64. The number of hydrogen-bond acceptors (Lipinski definition) is 4. The summed E-state index contributed by atoms with van der Waals surface area (Å²) in [6.07, 6.45) is 9.80. The fourth-order valence-electron chi connectivity index (χ4n) is 6.79. The summed E-state index contributed by atoms with van der Waals surface area (Å²) in [7, 11) is 3.62. The van der Waals surface area contributed by atoms with Crippen molar-refractivity contribution < 1.29 is 14.4 Å². The van der Waals surface area contributed by atoms with Crippen molar-refractivity contribution in [3.8, 4) is 0 Å². The summed E-state index contributed by atoms with van der Waals surface area (Å²) in [5.74, 6) is 0.301. The normalized spacial score (nSPS) is 22.2. The maximum Gasteiger partial charge on any atom is 0.324 e. The summed E-state index contributed by atoms with van der Waals surface area (Å²) in [6, 6.07) is 5.61. The first kappa shape index (κ1) is 28.0. The van der Waals surface area contributed by atoms with Gasteiger partial charge in [-0.25, -0.2) is 4.79 Å². The van der Waals surface area contributed by atoms with Crippen molar-refractivity contribution >= 4 is 45.9 Å². The Bertz CT molecular complexity index is 1220. The SMILES string of the molecule is CN[C@@H](C)C(=O)C[C@H](C(=O)N1CCC[C@H]1Cn1cc(N2CCN(C)C2=O)c2cc(Cl)ccc21)C1CCCCC1. The van der Waals surface area contributed by atoms with Crippen LogP contribution < -0.4 is 10.2 Å². The molecule has 39 heavy (non-hydrogen) atoms. The summed E-state index contributed by atoms with van der Waals surface area (Å²) in [6.45, 7) is 4.59. The number of likely N-dealkylation sites (tertiary alicyclic amines) is 1. The van der Waals surface area contributed by atoms with Gasteiger partial charge in [-0.1, -0.05) is 30.9 Å². The van der Waals surface area contributed by atoms with Gasteiger partial charge >= 0.3 is 6.03 Å². The van der Waals surface area contributed by atoms with Crippen LogP contribution in [0.25, 0.3) is 10.9 Å². The number of ketones is 1. The lowest BCUT2D eigenvalue weighted by Crippen LogP contribution is -2.45. The molecule has 0 spiro atoms. The number of benzene rings is 1. The predicted octanol–water partition coefficient (Wildman–Crippen LogP) is 4.92. The number of amides is 3. The van der Waals surface area contributed by atoms with E-state index in [9.17, 15) is 14.4 Å². The van der Waals surface area contributed by atoms with Crippen molar-refractivity contribution in [1.82, 2.24) is 19.7 Å². The van der Waals surface area contributed by atoms with Crippen LogP contribution in [-0.4, -0.2) is 77.9 Å². The van der Waals surface area contributed by atoms with Gasteiger partial charge < -0.3 is 19.7 Å². The van der Waals surface area contributed by atoms with Crippen LogP contribution in [0.1, 0.15) is 58.3 Å². The molecule has 0 radical (unpaired) electrons. The molecule has 3 amide bonds. The number of hydrogen-bond donors (Lipinski definition) is 1. The van der Waals surface area contributed by atoms with Crippen molar-refractivity contribution in [3.63, 3.8) is 0 Å². The van der Waals surface area contributed by atoms with E-state index in [4.69, 9.17) is 11.6 Å². The van der Waals surface area contributed by atoms with E-state index in [0.29, 0.717) is 31.1 Å². The summed E-state index contributed by atoms with van der Waals surface area (Å²) >= 11 is 6.38. The molecule has 2 saturated heterocycles. The molecule has 2 aliphatic heterocycles. The number of fused-ring (bicyclic) bond motifs is 1. The molecule has 1 saturated carbocycles. The molecular weight excluding hydrogens is 514 g/mol. The molecule has 1 aliphatic carbocycles. The largest absolute Gasteiger partial charge is 0.343 e. The Balaban J connectivity index is 1.41. The van der Waals surface area contributed by atoms with Gasteiger partial charge in [-0.15, -0.1) is 0 Å². The predicted molar refractivity (Wildman–Crippen MR) is 155 cm³/mol. The molecule has 3 aliphatic rings. The third kappa shape index (κ3) is 5.68. The van der Waals surface area contributed by atoms with Crippen molar-refractivity contribution in [3.05, 3.63) is 29.4 Å². The molecule has 3 heterocycles. The zero-order chi connectivity index (χ0) is 27.7. The molecule has 1 aromatic carbocycles. The number of urea groups is 1. The molecule has 1 N–H and O–H groups in total. The monoisotopic (exact) mass is 555 g/mol. The highest BCUT2D eigenvalue weighted by atomic mass is 35.5. The molecule has 212 valence electrons. The molecular formula is C30H42ClN5O3. The van der Waals surface area contributed by atoms with Crippen LogP contribution in [0.15, 0.2) is 24.4 Å². The number of likely N-dealkylation sites (N-methyl/N-ethyl adjacent to an activating group) is 2. The molecule has 0 bridgehead atoms. The highest BCUT2D eigenvalue weighted by molar-refractivity contribution is 6.31. The van der Waals surface area contributed by atoms with Crippen LogP contribution in [0.3, 0.4) is 0 Å². The third-order valence-corrected chi connectivity index (χ3v) is 9.51. The van der Waals surface area contributed by atoms with Gasteiger partial charge in [-0.05, 0) is 63.8 Å². The number of Topliss-reactive ketones (excluding diaryl/α,β-unsaturated/α-hetero) is 1. The number of carbonyl (C=O) groups is 3. The van der Waals surface area contributed by atoms with Crippen molar-refractivity contribution in [2.45, 2.75) is 76.9 Å². The second kappa shape index (κ2) is 11.9. The summed E-state index contributed by atoms with van der Waals surface area (Å²) < 4.78 is 2.19. The van der Waals surface area contributed by atoms with E-state index < -0.39 is 0 Å². The molecule has 3 atom stereocenters. The second-order valence-corrected chi connectivity index (χ2v) is 12.1. The minimum Gasteiger partial charge on any atom is -0.343 e. The van der Waals surface area contributed by atoms with Crippen LogP contribution >= 0.6 is 11.6 Å². The Morgan fingerprint density at radius 3 is 2.54 bits per heavy atom. The number of aromatic nitrogens is 1. The van der Waals surface area contributed by atoms with Gasteiger partial charge in [0.1, 0.15) is 5.78 Å². The number of carbonyl (C=O) groups excluding carboxylic acids is 3. The van der Waals surface area contributed by atoms with Crippen molar-refractivity contribution in [1.29, 1.82) is 0 Å². The van der Waals surface area contributed by atoms with Crippen LogP contribution in [0.5, 0.6) is 0 Å². The zero-order valence-electron chi connectivity index (χ0n) is 23.5. The lowest BCUT2D eigenvalue weighted by atomic mass is 9.76. The first-order valence-corrected chi connectivity index (χ1v) is 15.0. The molecule has 0 unspecified atom stereocenters. The van der Waals surface area contributed by atoms with E-state index >= 15 is 0 Å².